The fourth-order valence-electron chi connectivity index (χ4n) is 2.35. The van der Waals surface area contributed by atoms with E-state index >= 15 is 0 Å². The molecule has 1 atom stereocenters. The van der Waals surface area contributed by atoms with Gasteiger partial charge in [0.2, 0.25) is 5.91 Å². The van der Waals surface area contributed by atoms with Gasteiger partial charge in [-0.15, -0.1) is 0 Å². The molecule has 0 rings (SSSR count). The Morgan fingerprint density at radius 1 is 1.26 bits per heavy atom. The quantitative estimate of drug-likeness (QED) is 0.274. The van der Waals surface area contributed by atoms with E-state index in [1.165, 1.54) is 0 Å². The molecule has 5 heteroatoms. The number of hydrogen-bond acceptors (Lipinski definition) is 3. The van der Waals surface area contributed by atoms with Crippen molar-refractivity contribution < 1.29 is 10.0 Å². The number of nitrogens with one attached hydrogen (secondary N) is 1. The lowest BCUT2D eigenvalue weighted by molar-refractivity contribution is -0.123. The molecule has 112 valence electrons. The van der Waals surface area contributed by atoms with Crippen LogP contribution in [0.2, 0.25) is 0 Å². The van der Waals surface area contributed by atoms with Gasteiger partial charge in [0, 0.05) is 6.54 Å². The number of oxime groups is 1. The lowest BCUT2D eigenvalue weighted by Gasteiger charge is -2.26. The molecule has 1 amide bonds. The number of carbonyl (C=O) groups is 1. The van der Waals surface area contributed by atoms with Crippen LogP contribution < -0.4 is 11.1 Å². The molecular formula is C14H29N3O2. The normalized spacial score (nSPS) is 14.2. The van der Waals surface area contributed by atoms with Gasteiger partial charge >= 0.3 is 0 Å². The highest BCUT2D eigenvalue weighted by atomic mass is 16.4. The Labute approximate surface area is 116 Å². The SMILES string of the molecule is CCCC(C(=O)NCC(C(C)C)C(C)C)C(N)=NO. The van der Waals surface area contributed by atoms with Crippen molar-refractivity contribution >= 4 is 11.7 Å². The van der Waals surface area contributed by atoms with Gasteiger partial charge in [-0.3, -0.25) is 4.79 Å². The van der Waals surface area contributed by atoms with E-state index in [0.717, 1.165) is 6.42 Å². The number of nitrogens with zero attached hydrogens (tertiary/aromatic N) is 1. The first-order chi connectivity index (χ1) is 8.84. The summed E-state index contributed by atoms with van der Waals surface area (Å²) in [4.78, 5) is 12.1. The monoisotopic (exact) mass is 271 g/mol. The number of rotatable bonds is 8. The Bertz CT molecular complexity index is 293. The lowest BCUT2D eigenvalue weighted by atomic mass is 9.85. The minimum Gasteiger partial charge on any atom is -0.409 e. The van der Waals surface area contributed by atoms with Gasteiger partial charge in [-0.2, -0.15) is 0 Å². The van der Waals surface area contributed by atoms with Gasteiger partial charge in [-0.25, -0.2) is 0 Å². The van der Waals surface area contributed by atoms with Crippen LogP contribution in [0.25, 0.3) is 0 Å². The second-order valence-electron chi connectivity index (χ2n) is 5.76. The molecule has 0 saturated heterocycles. The maximum absolute atomic E-state index is 12.1. The smallest absolute Gasteiger partial charge is 0.230 e. The summed E-state index contributed by atoms with van der Waals surface area (Å²) in [5.41, 5.74) is 5.57. The van der Waals surface area contributed by atoms with E-state index in [-0.39, 0.29) is 11.7 Å². The lowest BCUT2D eigenvalue weighted by Crippen LogP contribution is -2.42. The van der Waals surface area contributed by atoms with Gasteiger partial charge in [0.25, 0.3) is 0 Å². The zero-order valence-electron chi connectivity index (χ0n) is 12.8. The van der Waals surface area contributed by atoms with Gasteiger partial charge in [0.15, 0.2) is 5.84 Å². The zero-order valence-corrected chi connectivity index (χ0v) is 12.8. The van der Waals surface area contributed by atoms with Crippen molar-refractivity contribution in [3.05, 3.63) is 0 Å². The number of carbonyl (C=O) groups excluding carboxylic acids is 1. The highest BCUT2D eigenvalue weighted by molar-refractivity contribution is 6.02. The molecule has 19 heavy (non-hydrogen) atoms. The van der Waals surface area contributed by atoms with Crippen LogP contribution in [-0.4, -0.2) is 23.5 Å². The van der Waals surface area contributed by atoms with Crippen LogP contribution in [0, 0.1) is 23.7 Å². The van der Waals surface area contributed by atoms with E-state index in [4.69, 9.17) is 10.9 Å². The molecule has 0 heterocycles. The molecule has 5 nitrogen and oxygen atoms in total. The molecule has 0 aliphatic heterocycles. The van der Waals surface area contributed by atoms with Gasteiger partial charge in [0.1, 0.15) is 0 Å². The molecule has 0 bridgehead atoms. The van der Waals surface area contributed by atoms with Crippen LogP contribution in [0.15, 0.2) is 5.16 Å². The zero-order chi connectivity index (χ0) is 15.0. The Kier molecular flexibility index (Phi) is 8.19. The number of amidine groups is 1. The van der Waals surface area contributed by atoms with Crippen molar-refractivity contribution in [1.29, 1.82) is 0 Å². The van der Waals surface area contributed by atoms with Crippen LogP contribution in [-0.2, 0) is 4.79 Å². The maximum atomic E-state index is 12.1. The summed E-state index contributed by atoms with van der Waals surface area (Å²) in [6, 6.07) is 0. The largest absolute Gasteiger partial charge is 0.409 e. The maximum Gasteiger partial charge on any atom is 0.230 e. The summed E-state index contributed by atoms with van der Waals surface area (Å²) in [6.07, 6.45) is 1.40. The molecular weight excluding hydrogens is 242 g/mol. The Hall–Kier alpha value is -1.26. The molecule has 0 aliphatic rings. The van der Waals surface area contributed by atoms with Gasteiger partial charge in [-0.05, 0) is 24.2 Å². The fraction of sp³-hybridized carbons (Fsp3) is 0.857. The highest BCUT2D eigenvalue weighted by Gasteiger charge is 2.24. The predicted octanol–water partition coefficient (Wildman–Crippen LogP) is 2.19. The Morgan fingerprint density at radius 3 is 2.16 bits per heavy atom. The van der Waals surface area contributed by atoms with E-state index in [2.05, 4.69) is 38.2 Å². The minimum absolute atomic E-state index is 0.00926. The molecule has 0 aliphatic carbocycles. The summed E-state index contributed by atoms with van der Waals surface area (Å²) in [5, 5.41) is 14.6. The van der Waals surface area contributed by atoms with E-state index in [9.17, 15) is 4.79 Å². The standard InChI is InChI=1S/C14H29N3O2/c1-6-7-11(13(15)17-19)14(18)16-8-12(9(2)3)10(4)5/h9-12,19H,6-8H2,1-5H3,(H2,15,17)(H,16,18). The fourth-order valence-corrected chi connectivity index (χ4v) is 2.35. The molecule has 0 saturated carbocycles. The third kappa shape index (κ3) is 5.94. The van der Waals surface area contributed by atoms with Crippen LogP contribution in [0.1, 0.15) is 47.5 Å². The van der Waals surface area contributed by atoms with Crippen molar-refractivity contribution in [2.75, 3.05) is 6.54 Å². The summed E-state index contributed by atoms with van der Waals surface area (Å²) in [7, 11) is 0. The molecule has 0 radical (unpaired) electrons. The molecule has 0 aromatic heterocycles. The van der Waals surface area contributed by atoms with Gasteiger partial charge < -0.3 is 16.3 Å². The van der Waals surface area contributed by atoms with Crippen molar-refractivity contribution in [3.63, 3.8) is 0 Å². The van der Waals surface area contributed by atoms with Crippen LogP contribution in [0.5, 0.6) is 0 Å². The number of amides is 1. The summed E-state index contributed by atoms with van der Waals surface area (Å²) in [6.45, 7) is 11.2. The van der Waals surface area contributed by atoms with E-state index < -0.39 is 5.92 Å². The predicted molar refractivity (Wildman–Crippen MR) is 78.0 cm³/mol. The molecule has 4 N–H and O–H groups in total. The van der Waals surface area contributed by atoms with E-state index in [0.29, 0.717) is 30.7 Å². The van der Waals surface area contributed by atoms with E-state index in [1.807, 2.05) is 6.92 Å². The van der Waals surface area contributed by atoms with Crippen LogP contribution in [0.4, 0.5) is 0 Å². The van der Waals surface area contributed by atoms with Crippen molar-refractivity contribution in [3.8, 4) is 0 Å². The van der Waals surface area contributed by atoms with Crippen LogP contribution >= 0.6 is 0 Å². The third-order valence-corrected chi connectivity index (χ3v) is 3.59. The second-order valence-corrected chi connectivity index (χ2v) is 5.76. The molecule has 1 unspecified atom stereocenters. The first kappa shape index (κ1) is 17.7. The minimum atomic E-state index is -0.532. The Balaban J connectivity index is 4.56. The average Bonchev–Trinajstić information content (AvgIpc) is 2.34. The molecule has 0 aromatic carbocycles. The summed E-state index contributed by atoms with van der Waals surface area (Å²) in [5.74, 6) is 0.754. The van der Waals surface area contributed by atoms with Gasteiger partial charge in [-0.1, -0.05) is 46.2 Å². The van der Waals surface area contributed by atoms with E-state index in [1.54, 1.807) is 0 Å². The summed E-state index contributed by atoms with van der Waals surface area (Å²) >= 11 is 0. The topological polar surface area (TPSA) is 87.7 Å². The van der Waals surface area contributed by atoms with Crippen molar-refractivity contribution in [2.45, 2.75) is 47.5 Å². The number of nitrogens with two attached hydrogens (primary N) is 1. The van der Waals surface area contributed by atoms with Crippen LogP contribution in [0.3, 0.4) is 0 Å². The first-order valence-electron chi connectivity index (χ1n) is 7.10. The van der Waals surface area contributed by atoms with Crippen molar-refractivity contribution in [1.82, 2.24) is 5.32 Å². The molecule has 0 spiro atoms. The first-order valence-corrected chi connectivity index (χ1v) is 7.10. The Morgan fingerprint density at radius 2 is 1.79 bits per heavy atom. The molecule has 0 aromatic rings. The van der Waals surface area contributed by atoms with Gasteiger partial charge in [0.05, 0.1) is 5.92 Å². The highest BCUT2D eigenvalue weighted by Crippen LogP contribution is 2.19. The molecule has 0 fully saturated rings. The average molecular weight is 271 g/mol. The number of hydrogen-bond donors (Lipinski definition) is 3. The second kappa shape index (κ2) is 8.77. The third-order valence-electron chi connectivity index (χ3n) is 3.59. The summed E-state index contributed by atoms with van der Waals surface area (Å²) < 4.78 is 0. The van der Waals surface area contributed by atoms with Crippen molar-refractivity contribution in [2.24, 2.45) is 34.6 Å².